The van der Waals surface area contributed by atoms with Gasteiger partial charge in [0.05, 0.1) is 0 Å². The minimum atomic E-state index is 0.674. The fraction of sp³-hybridized carbons (Fsp3) is 0.500. The Labute approximate surface area is 110 Å². The number of pyridine rings is 1. The second-order valence-electron chi connectivity index (χ2n) is 4.35. The lowest BCUT2D eigenvalue weighted by atomic mass is 10.1. The van der Waals surface area contributed by atoms with E-state index in [0.29, 0.717) is 10.4 Å². The standard InChI is InChI=1S/C12H14ClN3S/c13-10-5-3-6-11-14-15-12(16(10)11)8-9-4-1-2-7-17-9/h3,5-6,9H,1-2,4,7-8H2. The number of hydrogen-bond donors (Lipinski definition) is 0. The molecule has 0 aromatic carbocycles. The van der Waals surface area contributed by atoms with Crippen LogP contribution in [0, 0.1) is 0 Å². The summed E-state index contributed by atoms with van der Waals surface area (Å²) in [6, 6.07) is 5.73. The molecule has 1 aliphatic rings. The second kappa shape index (κ2) is 4.86. The van der Waals surface area contributed by atoms with Crippen LogP contribution >= 0.6 is 23.4 Å². The third kappa shape index (κ3) is 2.29. The van der Waals surface area contributed by atoms with Gasteiger partial charge in [-0.05, 0) is 30.7 Å². The maximum absolute atomic E-state index is 6.20. The van der Waals surface area contributed by atoms with E-state index in [1.807, 2.05) is 22.6 Å². The highest BCUT2D eigenvalue weighted by Crippen LogP contribution is 2.28. The molecule has 2 aromatic rings. The summed E-state index contributed by atoms with van der Waals surface area (Å²) in [5.41, 5.74) is 0.841. The second-order valence-corrected chi connectivity index (χ2v) is 6.15. The first kappa shape index (κ1) is 11.4. The summed E-state index contributed by atoms with van der Waals surface area (Å²) in [7, 11) is 0. The molecule has 17 heavy (non-hydrogen) atoms. The van der Waals surface area contributed by atoms with Crippen LogP contribution in [0.3, 0.4) is 0 Å². The van der Waals surface area contributed by atoms with E-state index in [4.69, 9.17) is 11.6 Å². The van der Waals surface area contributed by atoms with Gasteiger partial charge in [-0.15, -0.1) is 10.2 Å². The Hall–Kier alpha value is -0.740. The number of nitrogens with zero attached hydrogens (tertiary/aromatic N) is 3. The Morgan fingerprint density at radius 1 is 1.35 bits per heavy atom. The summed E-state index contributed by atoms with van der Waals surface area (Å²) in [6.45, 7) is 0. The molecule has 3 nitrogen and oxygen atoms in total. The summed E-state index contributed by atoms with van der Waals surface area (Å²) in [5, 5.41) is 9.80. The zero-order valence-electron chi connectivity index (χ0n) is 9.47. The van der Waals surface area contributed by atoms with Gasteiger partial charge < -0.3 is 0 Å². The first-order valence-electron chi connectivity index (χ1n) is 5.95. The van der Waals surface area contributed by atoms with Crippen molar-refractivity contribution in [2.24, 2.45) is 0 Å². The van der Waals surface area contributed by atoms with Crippen LogP contribution < -0.4 is 0 Å². The lowest BCUT2D eigenvalue weighted by molar-refractivity contribution is 0.645. The van der Waals surface area contributed by atoms with Gasteiger partial charge in [0, 0.05) is 11.7 Å². The number of rotatable bonds is 2. The lowest BCUT2D eigenvalue weighted by Gasteiger charge is -2.20. The largest absolute Gasteiger partial charge is 0.269 e. The predicted octanol–water partition coefficient (Wildman–Crippen LogP) is 3.21. The van der Waals surface area contributed by atoms with E-state index in [9.17, 15) is 0 Å². The number of halogens is 1. The minimum Gasteiger partial charge on any atom is -0.269 e. The molecular formula is C12H14ClN3S. The molecule has 3 heterocycles. The van der Waals surface area contributed by atoms with E-state index in [1.165, 1.54) is 25.0 Å². The molecule has 0 radical (unpaired) electrons. The Kier molecular flexibility index (Phi) is 3.25. The maximum atomic E-state index is 6.20. The van der Waals surface area contributed by atoms with Gasteiger partial charge >= 0.3 is 0 Å². The average molecular weight is 268 g/mol. The van der Waals surface area contributed by atoms with Gasteiger partial charge in [-0.1, -0.05) is 24.1 Å². The SMILES string of the molecule is Clc1cccc2nnc(CC3CCCCS3)n12. The Bertz CT molecular complexity index is 519. The predicted molar refractivity (Wildman–Crippen MR) is 71.8 cm³/mol. The summed E-state index contributed by atoms with van der Waals surface area (Å²) in [5.74, 6) is 2.26. The maximum Gasteiger partial charge on any atom is 0.161 e. The minimum absolute atomic E-state index is 0.674. The molecule has 3 rings (SSSR count). The van der Waals surface area contributed by atoms with E-state index in [1.54, 1.807) is 0 Å². The van der Waals surface area contributed by atoms with Crippen molar-refractivity contribution in [2.45, 2.75) is 30.9 Å². The fourth-order valence-corrected chi connectivity index (χ4v) is 3.82. The molecule has 0 aliphatic carbocycles. The summed E-state index contributed by atoms with van der Waals surface area (Å²) in [4.78, 5) is 0. The van der Waals surface area contributed by atoms with E-state index in [2.05, 4.69) is 22.0 Å². The Balaban J connectivity index is 1.89. The van der Waals surface area contributed by atoms with Crippen LogP contribution in [-0.2, 0) is 6.42 Å². The van der Waals surface area contributed by atoms with Crippen molar-refractivity contribution in [1.82, 2.24) is 14.6 Å². The fourth-order valence-electron chi connectivity index (χ4n) is 2.26. The van der Waals surface area contributed by atoms with E-state index in [0.717, 1.165) is 17.9 Å². The molecule has 0 saturated carbocycles. The molecular weight excluding hydrogens is 254 g/mol. The lowest BCUT2D eigenvalue weighted by Crippen LogP contribution is -2.14. The van der Waals surface area contributed by atoms with Crippen LogP contribution in [0.1, 0.15) is 25.1 Å². The number of thioether (sulfide) groups is 1. The first-order valence-corrected chi connectivity index (χ1v) is 7.37. The van der Waals surface area contributed by atoms with Crippen molar-refractivity contribution in [3.8, 4) is 0 Å². The molecule has 1 saturated heterocycles. The molecule has 0 N–H and O–H groups in total. The van der Waals surface area contributed by atoms with Gasteiger partial charge in [0.15, 0.2) is 5.65 Å². The monoisotopic (exact) mass is 267 g/mol. The molecule has 2 aromatic heterocycles. The van der Waals surface area contributed by atoms with Crippen LogP contribution in [0.5, 0.6) is 0 Å². The summed E-state index contributed by atoms with van der Waals surface area (Å²) in [6.07, 6.45) is 4.93. The number of aromatic nitrogens is 3. The summed E-state index contributed by atoms with van der Waals surface area (Å²) >= 11 is 8.25. The molecule has 1 unspecified atom stereocenters. The van der Waals surface area contributed by atoms with Gasteiger partial charge in [0.25, 0.3) is 0 Å². The smallest absolute Gasteiger partial charge is 0.161 e. The molecule has 5 heteroatoms. The molecule has 1 fully saturated rings. The van der Waals surface area contributed by atoms with E-state index < -0.39 is 0 Å². The van der Waals surface area contributed by atoms with E-state index >= 15 is 0 Å². The van der Waals surface area contributed by atoms with Crippen LogP contribution in [0.25, 0.3) is 5.65 Å². The molecule has 0 bridgehead atoms. The highest BCUT2D eigenvalue weighted by Gasteiger charge is 2.18. The average Bonchev–Trinajstić information content (AvgIpc) is 2.75. The normalized spacial score (nSPS) is 20.9. The van der Waals surface area contributed by atoms with Gasteiger partial charge in [-0.2, -0.15) is 11.8 Å². The van der Waals surface area contributed by atoms with Crippen molar-refractivity contribution in [3.05, 3.63) is 29.2 Å². The van der Waals surface area contributed by atoms with Crippen LogP contribution in [0.15, 0.2) is 18.2 Å². The molecule has 0 amide bonds. The third-order valence-corrected chi connectivity index (χ3v) is 4.83. The van der Waals surface area contributed by atoms with Crippen molar-refractivity contribution in [2.75, 3.05) is 5.75 Å². The zero-order chi connectivity index (χ0) is 11.7. The van der Waals surface area contributed by atoms with Gasteiger partial charge in [0.2, 0.25) is 0 Å². The van der Waals surface area contributed by atoms with Crippen LogP contribution in [-0.4, -0.2) is 25.6 Å². The van der Waals surface area contributed by atoms with Crippen molar-refractivity contribution in [1.29, 1.82) is 0 Å². The third-order valence-electron chi connectivity index (χ3n) is 3.13. The van der Waals surface area contributed by atoms with Gasteiger partial charge in [0.1, 0.15) is 11.0 Å². The quantitative estimate of drug-likeness (QED) is 0.783. The number of fused-ring (bicyclic) bond motifs is 1. The van der Waals surface area contributed by atoms with Crippen LogP contribution in [0.4, 0.5) is 0 Å². The molecule has 90 valence electrons. The highest BCUT2D eigenvalue weighted by atomic mass is 35.5. The number of hydrogen-bond acceptors (Lipinski definition) is 3. The topological polar surface area (TPSA) is 30.2 Å². The molecule has 1 atom stereocenters. The van der Waals surface area contributed by atoms with E-state index in [-0.39, 0.29) is 0 Å². The van der Waals surface area contributed by atoms with Crippen molar-refractivity contribution >= 4 is 29.0 Å². The first-order chi connectivity index (χ1) is 8.34. The van der Waals surface area contributed by atoms with Gasteiger partial charge in [-0.3, -0.25) is 4.40 Å². The Morgan fingerprint density at radius 2 is 2.29 bits per heavy atom. The highest BCUT2D eigenvalue weighted by molar-refractivity contribution is 7.99. The van der Waals surface area contributed by atoms with Crippen molar-refractivity contribution < 1.29 is 0 Å². The summed E-state index contributed by atoms with van der Waals surface area (Å²) < 4.78 is 1.96. The van der Waals surface area contributed by atoms with Crippen LogP contribution in [0.2, 0.25) is 5.15 Å². The zero-order valence-corrected chi connectivity index (χ0v) is 11.0. The molecule has 0 spiro atoms. The van der Waals surface area contributed by atoms with Crippen molar-refractivity contribution in [3.63, 3.8) is 0 Å². The molecule has 1 aliphatic heterocycles. The van der Waals surface area contributed by atoms with Gasteiger partial charge in [-0.25, -0.2) is 0 Å². The Morgan fingerprint density at radius 3 is 3.12 bits per heavy atom.